The Morgan fingerprint density at radius 2 is 1.72 bits per heavy atom. The minimum Gasteiger partial charge on any atom is -0.384 e. The molecule has 0 spiro atoms. The Kier molecular flexibility index (Phi) is 4.28. The van der Waals surface area contributed by atoms with Gasteiger partial charge in [0.1, 0.15) is 11.9 Å². The van der Waals surface area contributed by atoms with Crippen LogP contribution in [0.3, 0.4) is 0 Å². The molecule has 0 amide bonds. The Labute approximate surface area is 122 Å². The van der Waals surface area contributed by atoms with Crippen molar-refractivity contribution in [3.63, 3.8) is 0 Å². The molecule has 0 fully saturated rings. The first-order chi connectivity index (χ1) is 8.49. The summed E-state index contributed by atoms with van der Waals surface area (Å²) >= 11 is 15.1. The van der Waals surface area contributed by atoms with Crippen molar-refractivity contribution in [3.8, 4) is 0 Å². The molecule has 94 valence electrons. The molecule has 5 heteroatoms. The van der Waals surface area contributed by atoms with Crippen LogP contribution in [-0.2, 0) is 0 Å². The van der Waals surface area contributed by atoms with Crippen LogP contribution in [0.4, 0.5) is 4.39 Å². The van der Waals surface area contributed by atoms with E-state index in [1.54, 1.807) is 18.2 Å². The van der Waals surface area contributed by atoms with Crippen molar-refractivity contribution in [1.82, 2.24) is 0 Å². The van der Waals surface area contributed by atoms with E-state index in [0.717, 1.165) is 0 Å². The van der Waals surface area contributed by atoms with Gasteiger partial charge in [-0.2, -0.15) is 0 Å². The fourth-order valence-electron chi connectivity index (χ4n) is 1.59. The minimum absolute atomic E-state index is 0.315. The van der Waals surface area contributed by atoms with Crippen LogP contribution < -0.4 is 0 Å². The maximum absolute atomic E-state index is 13.2. The average Bonchev–Trinajstić information content (AvgIpc) is 2.35. The van der Waals surface area contributed by atoms with E-state index in [2.05, 4.69) is 15.9 Å². The molecule has 18 heavy (non-hydrogen) atoms. The quantitative estimate of drug-likeness (QED) is 0.810. The van der Waals surface area contributed by atoms with Crippen LogP contribution in [0.5, 0.6) is 0 Å². The molecule has 2 rings (SSSR count). The third-order valence-corrected chi connectivity index (χ3v) is 4.07. The highest BCUT2D eigenvalue weighted by molar-refractivity contribution is 9.10. The molecule has 2 aromatic rings. The third kappa shape index (κ3) is 2.86. The summed E-state index contributed by atoms with van der Waals surface area (Å²) in [6.45, 7) is 0. The summed E-state index contributed by atoms with van der Waals surface area (Å²) < 4.78 is 13.8. The van der Waals surface area contributed by atoms with Crippen molar-refractivity contribution < 1.29 is 9.50 Å². The Hall–Kier alpha value is -0.610. The molecule has 0 aliphatic rings. The Bertz CT molecular complexity index is 589. The highest BCUT2D eigenvalue weighted by Crippen LogP contribution is 2.32. The topological polar surface area (TPSA) is 20.2 Å². The van der Waals surface area contributed by atoms with E-state index in [0.29, 0.717) is 25.6 Å². The van der Waals surface area contributed by atoms with Gasteiger partial charge < -0.3 is 5.11 Å². The molecule has 0 heterocycles. The average molecular weight is 350 g/mol. The van der Waals surface area contributed by atoms with Crippen molar-refractivity contribution in [2.75, 3.05) is 0 Å². The summed E-state index contributed by atoms with van der Waals surface area (Å²) in [7, 11) is 0. The monoisotopic (exact) mass is 348 g/mol. The summed E-state index contributed by atoms with van der Waals surface area (Å²) in [5.41, 5.74) is 0.907. The molecule has 1 atom stereocenters. The molecule has 2 aromatic carbocycles. The maximum Gasteiger partial charge on any atom is 0.123 e. The smallest absolute Gasteiger partial charge is 0.123 e. The summed E-state index contributed by atoms with van der Waals surface area (Å²) in [6, 6.07) is 8.87. The Balaban J connectivity index is 2.44. The normalized spacial score (nSPS) is 12.5. The van der Waals surface area contributed by atoms with Crippen molar-refractivity contribution in [2.24, 2.45) is 0 Å². The number of halogens is 4. The van der Waals surface area contributed by atoms with Gasteiger partial charge in [0.15, 0.2) is 0 Å². The fraction of sp³-hybridized carbons (Fsp3) is 0.0769. The number of aliphatic hydroxyl groups is 1. The molecule has 0 saturated carbocycles. The Morgan fingerprint density at radius 1 is 1.06 bits per heavy atom. The van der Waals surface area contributed by atoms with Gasteiger partial charge in [0.05, 0.1) is 5.02 Å². The van der Waals surface area contributed by atoms with Gasteiger partial charge in [0, 0.05) is 15.1 Å². The van der Waals surface area contributed by atoms with Crippen LogP contribution in [-0.4, -0.2) is 5.11 Å². The number of benzene rings is 2. The second-order valence-corrected chi connectivity index (χ2v) is 5.41. The van der Waals surface area contributed by atoms with Crippen LogP contribution in [0.15, 0.2) is 40.9 Å². The van der Waals surface area contributed by atoms with Crippen molar-refractivity contribution in [2.45, 2.75) is 6.10 Å². The zero-order valence-electron chi connectivity index (χ0n) is 9.00. The van der Waals surface area contributed by atoms with Crippen LogP contribution >= 0.6 is 39.1 Å². The van der Waals surface area contributed by atoms with E-state index < -0.39 is 11.9 Å². The standard InChI is InChI=1S/C13H8BrCl2FO/c14-10-5-7(1-3-12(10)16)13(18)9-6-8(17)2-4-11(9)15/h1-6,13,18H. The van der Waals surface area contributed by atoms with Gasteiger partial charge in [-0.05, 0) is 51.8 Å². The van der Waals surface area contributed by atoms with Crippen molar-refractivity contribution >= 4 is 39.1 Å². The molecule has 0 saturated heterocycles. The van der Waals surface area contributed by atoms with Crippen LogP contribution in [0.25, 0.3) is 0 Å². The second kappa shape index (κ2) is 5.57. The third-order valence-electron chi connectivity index (χ3n) is 2.51. The zero-order chi connectivity index (χ0) is 13.3. The number of rotatable bonds is 2. The van der Waals surface area contributed by atoms with E-state index in [-0.39, 0.29) is 0 Å². The van der Waals surface area contributed by atoms with Gasteiger partial charge in [-0.15, -0.1) is 0 Å². The fourth-order valence-corrected chi connectivity index (χ4v) is 2.32. The lowest BCUT2D eigenvalue weighted by atomic mass is 10.0. The van der Waals surface area contributed by atoms with E-state index in [9.17, 15) is 9.50 Å². The number of aliphatic hydroxyl groups excluding tert-OH is 1. The molecule has 0 bridgehead atoms. The lowest BCUT2D eigenvalue weighted by Gasteiger charge is -2.14. The lowest BCUT2D eigenvalue weighted by molar-refractivity contribution is 0.220. The molecule has 0 aliphatic heterocycles. The van der Waals surface area contributed by atoms with E-state index >= 15 is 0 Å². The van der Waals surface area contributed by atoms with Gasteiger partial charge in [0.25, 0.3) is 0 Å². The van der Waals surface area contributed by atoms with Crippen molar-refractivity contribution in [1.29, 1.82) is 0 Å². The molecular formula is C13H8BrCl2FO. The van der Waals surface area contributed by atoms with E-state index in [4.69, 9.17) is 23.2 Å². The Morgan fingerprint density at radius 3 is 2.39 bits per heavy atom. The van der Waals surface area contributed by atoms with Crippen LogP contribution in [0.1, 0.15) is 17.2 Å². The summed E-state index contributed by atoms with van der Waals surface area (Å²) in [5.74, 6) is -0.443. The van der Waals surface area contributed by atoms with Gasteiger partial charge in [0.2, 0.25) is 0 Å². The second-order valence-electron chi connectivity index (χ2n) is 3.74. The predicted octanol–water partition coefficient (Wildman–Crippen LogP) is 4.98. The summed E-state index contributed by atoms with van der Waals surface area (Å²) in [5, 5.41) is 11.1. The molecule has 0 aliphatic carbocycles. The molecule has 1 N–H and O–H groups in total. The lowest BCUT2D eigenvalue weighted by Crippen LogP contribution is -2.01. The van der Waals surface area contributed by atoms with Gasteiger partial charge in [-0.3, -0.25) is 0 Å². The minimum atomic E-state index is -0.998. The van der Waals surface area contributed by atoms with E-state index in [1.165, 1.54) is 18.2 Å². The molecule has 0 radical (unpaired) electrons. The molecule has 1 unspecified atom stereocenters. The SMILES string of the molecule is OC(c1ccc(Cl)c(Br)c1)c1cc(F)ccc1Cl. The zero-order valence-corrected chi connectivity index (χ0v) is 12.1. The van der Waals surface area contributed by atoms with Crippen LogP contribution in [0, 0.1) is 5.82 Å². The largest absolute Gasteiger partial charge is 0.384 e. The first kappa shape index (κ1) is 13.8. The van der Waals surface area contributed by atoms with E-state index in [1.807, 2.05) is 0 Å². The molecule has 1 nitrogen and oxygen atoms in total. The number of hydrogen-bond donors (Lipinski definition) is 1. The summed E-state index contributed by atoms with van der Waals surface area (Å²) in [6.07, 6.45) is -0.998. The molecular weight excluding hydrogens is 342 g/mol. The van der Waals surface area contributed by atoms with Crippen molar-refractivity contribution in [3.05, 3.63) is 67.9 Å². The van der Waals surface area contributed by atoms with Gasteiger partial charge >= 0.3 is 0 Å². The first-order valence-electron chi connectivity index (χ1n) is 5.07. The van der Waals surface area contributed by atoms with Gasteiger partial charge in [-0.25, -0.2) is 4.39 Å². The highest BCUT2D eigenvalue weighted by Gasteiger charge is 2.15. The number of hydrogen-bond acceptors (Lipinski definition) is 1. The highest BCUT2D eigenvalue weighted by atomic mass is 79.9. The molecule has 0 aromatic heterocycles. The maximum atomic E-state index is 13.2. The van der Waals surface area contributed by atoms with Crippen LogP contribution in [0.2, 0.25) is 10.0 Å². The first-order valence-corrected chi connectivity index (χ1v) is 6.62. The van der Waals surface area contributed by atoms with Gasteiger partial charge in [-0.1, -0.05) is 29.3 Å². The summed E-state index contributed by atoms with van der Waals surface area (Å²) in [4.78, 5) is 0. The predicted molar refractivity (Wildman–Crippen MR) is 74.6 cm³/mol.